The van der Waals surface area contributed by atoms with Crippen LogP contribution in [-0.2, 0) is 10.2 Å². The third-order valence-corrected chi connectivity index (χ3v) is 5.02. The van der Waals surface area contributed by atoms with Crippen molar-refractivity contribution in [2.45, 2.75) is 19.3 Å². The second-order valence-electron chi connectivity index (χ2n) is 7.04. The number of allylic oxidation sites excluding steroid dienone is 3. The first kappa shape index (κ1) is 18.5. The average molecular weight is 358 g/mol. The fraction of sp³-hybridized carbons (Fsp3) is 0.217. The maximum atomic E-state index is 12.8. The highest BCUT2D eigenvalue weighted by Crippen LogP contribution is 2.46. The van der Waals surface area contributed by atoms with E-state index in [0.717, 1.165) is 22.7 Å². The van der Waals surface area contributed by atoms with Gasteiger partial charge in [-0.25, -0.2) is 0 Å². The summed E-state index contributed by atoms with van der Waals surface area (Å²) >= 11 is 0. The first-order valence-corrected chi connectivity index (χ1v) is 8.74. The van der Waals surface area contributed by atoms with Crippen molar-refractivity contribution in [2.75, 3.05) is 19.1 Å². The van der Waals surface area contributed by atoms with Gasteiger partial charge in [0.05, 0.1) is 12.7 Å². The molecule has 0 aliphatic carbocycles. The SMILES string of the molecule is COc1ccc(/C=C(\C#N)C(=O)/C=C2\N(C)c3ccccc3C2(C)C)cc1. The molecule has 0 unspecified atom stereocenters. The molecule has 2 aromatic carbocycles. The Kier molecular flexibility index (Phi) is 4.87. The van der Waals surface area contributed by atoms with Crippen LogP contribution in [0.15, 0.2) is 65.9 Å². The number of ether oxygens (including phenoxy) is 1. The van der Waals surface area contributed by atoms with Gasteiger partial charge in [-0.3, -0.25) is 4.79 Å². The summed E-state index contributed by atoms with van der Waals surface area (Å²) in [5.74, 6) is 0.433. The number of likely N-dealkylation sites (N-methyl/N-ethyl adjacent to an activating group) is 1. The minimum absolute atomic E-state index is 0.104. The lowest BCUT2D eigenvalue weighted by Crippen LogP contribution is -2.24. The minimum atomic E-state index is -0.304. The third kappa shape index (κ3) is 3.37. The third-order valence-electron chi connectivity index (χ3n) is 5.02. The monoisotopic (exact) mass is 358 g/mol. The molecule has 136 valence electrons. The topological polar surface area (TPSA) is 53.3 Å². The summed E-state index contributed by atoms with van der Waals surface area (Å²) < 4.78 is 5.13. The van der Waals surface area contributed by atoms with Crippen molar-refractivity contribution in [2.24, 2.45) is 0 Å². The van der Waals surface area contributed by atoms with Crippen molar-refractivity contribution >= 4 is 17.5 Å². The lowest BCUT2D eigenvalue weighted by molar-refractivity contribution is -0.111. The highest BCUT2D eigenvalue weighted by Gasteiger charge is 2.38. The van der Waals surface area contributed by atoms with E-state index < -0.39 is 0 Å². The Balaban J connectivity index is 1.95. The maximum Gasteiger partial charge on any atom is 0.198 e. The first-order valence-electron chi connectivity index (χ1n) is 8.74. The zero-order valence-corrected chi connectivity index (χ0v) is 16.0. The molecule has 0 bridgehead atoms. The normalized spacial score (nSPS) is 16.8. The van der Waals surface area contributed by atoms with E-state index >= 15 is 0 Å². The molecule has 0 N–H and O–H groups in total. The van der Waals surface area contributed by atoms with Gasteiger partial charge in [0, 0.05) is 29.9 Å². The lowest BCUT2D eigenvalue weighted by Gasteiger charge is -2.23. The predicted octanol–water partition coefficient (Wildman–Crippen LogP) is 4.48. The standard InChI is InChI=1S/C23H22N2O2/c1-23(2)19-7-5-6-8-20(19)25(3)22(23)14-21(26)17(15-24)13-16-9-11-18(27-4)12-10-16/h5-14H,1-4H3/b17-13+,22-14-. The summed E-state index contributed by atoms with van der Waals surface area (Å²) in [6, 6.07) is 17.4. The molecule has 0 saturated carbocycles. The number of hydrogen-bond acceptors (Lipinski definition) is 4. The molecule has 1 heterocycles. The predicted molar refractivity (Wildman–Crippen MR) is 108 cm³/mol. The first-order chi connectivity index (χ1) is 12.9. The molecule has 4 nitrogen and oxygen atoms in total. The van der Waals surface area contributed by atoms with E-state index in [4.69, 9.17) is 4.74 Å². The Labute approximate surface area is 160 Å². The highest BCUT2D eigenvalue weighted by atomic mass is 16.5. The van der Waals surface area contributed by atoms with Crippen molar-refractivity contribution in [1.29, 1.82) is 5.26 Å². The van der Waals surface area contributed by atoms with Crippen LogP contribution < -0.4 is 9.64 Å². The van der Waals surface area contributed by atoms with Crippen LogP contribution in [0.4, 0.5) is 5.69 Å². The van der Waals surface area contributed by atoms with Gasteiger partial charge in [-0.05, 0) is 35.4 Å². The van der Waals surface area contributed by atoms with Crippen molar-refractivity contribution < 1.29 is 9.53 Å². The van der Waals surface area contributed by atoms with Crippen LogP contribution in [0.3, 0.4) is 0 Å². The molecule has 0 fully saturated rings. The highest BCUT2D eigenvalue weighted by molar-refractivity contribution is 6.11. The molecule has 1 aliphatic rings. The molecule has 0 amide bonds. The van der Waals surface area contributed by atoms with Crippen LogP contribution in [0.1, 0.15) is 25.0 Å². The van der Waals surface area contributed by atoms with Crippen molar-refractivity contribution in [3.63, 3.8) is 0 Å². The van der Waals surface area contributed by atoms with Crippen LogP contribution in [0.5, 0.6) is 5.75 Å². The number of nitriles is 1. The van der Waals surface area contributed by atoms with Crippen LogP contribution in [0.25, 0.3) is 6.08 Å². The maximum absolute atomic E-state index is 12.8. The molecule has 0 saturated heterocycles. The van der Waals surface area contributed by atoms with E-state index in [2.05, 4.69) is 19.9 Å². The Morgan fingerprint density at radius 3 is 2.41 bits per heavy atom. The van der Waals surface area contributed by atoms with Gasteiger partial charge < -0.3 is 9.64 Å². The average Bonchev–Trinajstić information content (AvgIpc) is 2.87. The van der Waals surface area contributed by atoms with E-state index in [9.17, 15) is 10.1 Å². The number of nitrogens with zero attached hydrogens (tertiary/aromatic N) is 2. The molecule has 0 spiro atoms. The number of ketones is 1. The zero-order chi connectivity index (χ0) is 19.6. The van der Waals surface area contributed by atoms with Crippen molar-refractivity contribution in [3.8, 4) is 11.8 Å². The van der Waals surface area contributed by atoms with Crippen LogP contribution in [-0.4, -0.2) is 19.9 Å². The van der Waals surface area contributed by atoms with Gasteiger partial charge in [0.25, 0.3) is 0 Å². The van der Waals surface area contributed by atoms with Crippen molar-refractivity contribution in [1.82, 2.24) is 0 Å². The number of fused-ring (bicyclic) bond motifs is 1. The van der Waals surface area contributed by atoms with E-state index in [1.807, 2.05) is 48.3 Å². The van der Waals surface area contributed by atoms with E-state index in [-0.39, 0.29) is 16.8 Å². The Morgan fingerprint density at radius 1 is 1.15 bits per heavy atom. The number of benzene rings is 2. The van der Waals surface area contributed by atoms with Gasteiger partial charge >= 0.3 is 0 Å². The quantitative estimate of drug-likeness (QED) is 0.597. The van der Waals surface area contributed by atoms with E-state index in [0.29, 0.717) is 0 Å². The van der Waals surface area contributed by atoms with Gasteiger partial charge in [-0.15, -0.1) is 0 Å². The largest absolute Gasteiger partial charge is 0.497 e. The van der Waals surface area contributed by atoms with Crippen LogP contribution >= 0.6 is 0 Å². The van der Waals surface area contributed by atoms with Gasteiger partial charge in [0.1, 0.15) is 11.8 Å². The molecule has 0 atom stereocenters. The fourth-order valence-corrected chi connectivity index (χ4v) is 3.49. The molecule has 2 aromatic rings. The van der Waals surface area contributed by atoms with Gasteiger partial charge in [-0.1, -0.05) is 44.2 Å². The van der Waals surface area contributed by atoms with Gasteiger partial charge in [0.2, 0.25) is 0 Å². The number of rotatable bonds is 4. The summed E-state index contributed by atoms with van der Waals surface area (Å²) in [5.41, 5.74) is 3.71. The summed E-state index contributed by atoms with van der Waals surface area (Å²) in [6.45, 7) is 4.18. The number of para-hydroxylation sites is 1. The van der Waals surface area contributed by atoms with Gasteiger partial charge in [0.15, 0.2) is 5.78 Å². The number of hydrogen-bond donors (Lipinski definition) is 0. The lowest BCUT2D eigenvalue weighted by atomic mass is 9.83. The molecule has 27 heavy (non-hydrogen) atoms. The van der Waals surface area contributed by atoms with Crippen molar-refractivity contribution in [3.05, 3.63) is 77.0 Å². The summed E-state index contributed by atoms with van der Waals surface area (Å²) in [5, 5.41) is 9.50. The number of carbonyl (C=O) groups excluding carboxylic acids is 1. The Morgan fingerprint density at radius 2 is 1.81 bits per heavy atom. The second-order valence-corrected chi connectivity index (χ2v) is 7.04. The summed E-state index contributed by atoms with van der Waals surface area (Å²) in [7, 11) is 3.55. The molecule has 4 heteroatoms. The zero-order valence-electron chi connectivity index (χ0n) is 16.0. The van der Waals surface area contributed by atoms with Gasteiger partial charge in [-0.2, -0.15) is 5.26 Å². The number of methoxy groups -OCH3 is 1. The van der Waals surface area contributed by atoms with Crippen LogP contribution in [0.2, 0.25) is 0 Å². The summed E-state index contributed by atoms with van der Waals surface area (Å²) in [6.07, 6.45) is 3.19. The number of carbonyl (C=O) groups is 1. The molecule has 3 rings (SSSR count). The molecule has 0 radical (unpaired) electrons. The minimum Gasteiger partial charge on any atom is -0.497 e. The molecular formula is C23H22N2O2. The molecular weight excluding hydrogens is 336 g/mol. The van der Waals surface area contributed by atoms with E-state index in [1.54, 1.807) is 31.4 Å². The Hall–Kier alpha value is -3.32. The molecule has 1 aliphatic heterocycles. The fourth-order valence-electron chi connectivity index (χ4n) is 3.49. The van der Waals surface area contributed by atoms with Crippen LogP contribution in [0, 0.1) is 11.3 Å². The van der Waals surface area contributed by atoms with E-state index in [1.165, 1.54) is 5.56 Å². The Bertz CT molecular complexity index is 976. The second kappa shape index (κ2) is 7.13. The molecule has 0 aromatic heterocycles. The summed E-state index contributed by atoms with van der Waals surface area (Å²) in [4.78, 5) is 14.8. The smallest absolute Gasteiger partial charge is 0.198 e. The number of anilines is 1.